The molecule has 0 saturated carbocycles. The quantitative estimate of drug-likeness (QED) is 0.373. The van der Waals surface area contributed by atoms with Crippen LogP contribution < -0.4 is 0 Å². The van der Waals surface area contributed by atoms with E-state index in [2.05, 4.69) is 0 Å². The molecule has 0 amide bonds. The fourth-order valence-electron chi connectivity index (χ4n) is 4.84. The molecule has 2 aliphatic rings. The molecule has 0 spiro atoms. The van der Waals surface area contributed by atoms with Gasteiger partial charge in [0.15, 0.2) is 11.6 Å². The van der Waals surface area contributed by atoms with Crippen molar-refractivity contribution in [3.63, 3.8) is 0 Å². The van der Waals surface area contributed by atoms with Crippen LogP contribution in [0.4, 0.5) is 0 Å². The van der Waals surface area contributed by atoms with Crippen molar-refractivity contribution in [2.75, 3.05) is 0 Å². The Labute approximate surface area is 186 Å². The van der Waals surface area contributed by atoms with E-state index in [-0.39, 0.29) is 11.6 Å². The smallest absolute Gasteiger partial charge is 0.194 e. The van der Waals surface area contributed by atoms with Gasteiger partial charge in [0.05, 0.1) is 0 Å². The average Bonchev–Trinajstić information content (AvgIpc) is 2.86. The largest absolute Gasteiger partial charge is 0.289 e. The lowest BCUT2D eigenvalue weighted by Gasteiger charge is -2.32. The molecular weight excluding hydrogens is 392 g/mol. The first kappa shape index (κ1) is 18.5. The minimum absolute atomic E-state index is 0.0119. The lowest BCUT2D eigenvalue weighted by Crippen LogP contribution is -2.22. The Hall–Kier alpha value is -4.30. The molecule has 2 aliphatic carbocycles. The van der Waals surface area contributed by atoms with Gasteiger partial charge < -0.3 is 0 Å². The number of hydrogen-bond acceptors (Lipinski definition) is 2. The molecule has 0 atom stereocenters. The summed E-state index contributed by atoms with van der Waals surface area (Å²) >= 11 is 0. The summed E-state index contributed by atoms with van der Waals surface area (Å²) in [6.07, 6.45) is 0. The molecule has 4 aromatic rings. The number of rotatable bonds is 2. The van der Waals surface area contributed by atoms with E-state index in [1.807, 2.05) is 109 Å². The van der Waals surface area contributed by atoms with Crippen molar-refractivity contribution in [1.29, 1.82) is 0 Å². The number of fused-ring (bicyclic) bond motifs is 5. The van der Waals surface area contributed by atoms with E-state index >= 15 is 0 Å². The lowest BCUT2D eigenvalue weighted by molar-refractivity contribution is 0.104. The lowest BCUT2D eigenvalue weighted by atomic mass is 9.69. The van der Waals surface area contributed by atoms with Crippen LogP contribution in [0.3, 0.4) is 0 Å². The van der Waals surface area contributed by atoms with Gasteiger partial charge in [-0.3, -0.25) is 9.59 Å². The highest BCUT2D eigenvalue weighted by Gasteiger charge is 2.39. The summed E-state index contributed by atoms with van der Waals surface area (Å²) in [6.45, 7) is 0. The molecule has 2 heteroatoms. The van der Waals surface area contributed by atoms with Gasteiger partial charge in [-0.1, -0.05) is 109 Å². The van der Waals surface area contributed by atoms with Crippen molar-refractivity contribution in [3.8, 4) is 0 Å². The van der Waals surface area contributed by atoms with Crippen LogP contribution in [-0.4, -0.2) is 11.6 Å². The molecule has 6 rings (SSSR count). The first-order valence-electron chi connectivity index (χ1n) is 10.6. The molecule has 0 saturated heterocycles. The van der Waals surface area contributed by atoms with Crippen molar-refractivity contribution in [2.24, 2.45) is 0 Å². The number of hydrogen-bond donors (Lipinski definition) is 0. The van der Waals surface area contributed by atoms with Crippen LogP contribution in [0.5, 0.6) is 0 Å². The van der Waals surface area contributed by atoms with Crippen molar-refractivity contribution >= 4 is 33.9 Å². The Morgan fingerprint density at radius 1 is 0.312 bits per heavy atom. The predicted octanol–water partition coefficient (Wildman–Crippen LogP) is 6.60. The van der Waals surface area contributed by atoms with E-state index in [4.69, 9.17) is 0 Å². The first-order chi connectivity index (χ1) is 15.8. The number of carbonyl (C=O) groups is 2. The van der Waals surface area contributed by atoms with E-state index in [0.717, 1.165) is 33.4 Å². The van der Waals surface area contributed by atoms with Gasteiger partial charge in [0.1, 0.15) is 0 Å². The highest BCUT2D eigenvalue weighted by molar-refractivity contribution is 6.52. The van der Waals surface area contributed by atoms with Gasteiger partial charge in [-0.2, -0.15) is 0 Å². The van der Waals surface area contributed by atoms with Crippen molar-refractivity contribution in [1.82, 2.24) is 0 Å². The highest BCUT2D eigenvalue weighted by Crippen LogP contribution is 2.51. The zero-order valence-corrected chi connectivity index (χ0v) is 17.2. The highest BCUT2D eigenvalue weighted by atomic mass is 16.1. The molecule has 4 aromatic carbocycles. The van der Waals surface area contributed by atoms with Gasteiger partial charge in [0.2, 0.25) is 0 Å². The van der Waals surface area contributed by atoms with Crippen molar-refractivity contribution in [3.05, 3.63) is 143 Å². The third-order valence-corrected chi connectivity index (χ3v) is 6.21. The SMILES string of the molecule is O=C1C(c2ccccc2)=C2C(=C(c3ccccc3)C(=O)c3ccccc32)c2ccccc21. The minimum Gasteiger partial charge on any atom is -0.289 e. The Morgan fingerprint density at radius 2 is 0.625 bits per heavy atom. The van der Waals surface area contributed by atoms with Crippen LogP contribution in [0.1, 0.15) is 43.0 Å². The van der Waals surface area contributed by atoms with E-state index in [0.29, 0.717) is 22.3 Å². The normalized spacial score (nSPS) is 14.8. The second kappa shape index (κ2) is 7.14. The van der Waals surface area contributed by atoms with Gasteiger partial charge in [0, 0.05) is 33.4 Å². The molecule has 0 unspecified atom stereocenters. The van der Waals surface area contributed by atoms with Crippen LogP contribution in [0.15, 0.2) is 109 Å². The molecule has 0 bridgehead atoms. The van der Waals surface area contributed by atoms with E-state index in [9.17, 15) is 9.59 Å². The molecule has 0 heterocycles. The summed E-state index contributed by atoms with van der Waals surface area (Å²) in [5.74, 6) is -0.0239. The number of Topliss-reactive ketones (excluding diaryl/α,β-unsaturated/α-hetero) is 2. The maximum Gasteiger partial charge on any atom is 0.194 e. The molecule has 32 heavy (non-hydrogen) atoms. The number of ketones is 2. The first-order valence-corrected chi connectivity index (χ1v) is 10.6. The molecule has 0 aromatic heterocycles. The third kappa shape index (κ3) is 2.60. The van der Waals surface area contributed by atoms with Crippen LogP contribution in [-0.2, 0) is 0 Å². The Morgan fingerprint density at radius 3 is 1.00 bits per heavy atom. The van der Waals surface area contributed by atoms with Crippen LogP contribution >= 0.6 is 0 Å². The molecule has 0 N–H and O–H groups in total. The summed E-state index contributed by atoms with van der Waals surface area (Å²) in [4.78, 5) is 27.7. The zero-order valence-electron chi connectivity index (χ0n) is 17.2. The van der Waals surface area contributed by atoms with Crippen molar-refractivity contribution in [2.45, 2.75) is 0 Å². The monoisotopic (exact) mass is 410 g/mol. The van der Waals surface area contributed by atoms with Gasteiger partial charge in [-0.15, -0.1) is 0 Å². The topological polar surface area (TPSA) is 34.1 Å². The van der Waals surface area contributed by atoms with Gasteiger partial charge in [0.25, 0.3) is 0 Å². The fourth-order valence-corrected chi connectivity index (χ4v) is 4.84. The van der Waals surface area contributed by atoms with Gasteiger partial charge in [-0.25, -0.2) is 0 Å². The molecule has 150 valence electrons. The van der Waals surface area contributed by atoms with Gasteiger partial charge >= 0.3 is 0 Å². The van der Waals surface area contributed by atoms with Gasteiger partial charge in [-0.05, 0) is 22.3 Å². The second-order valence-corrected chi connectivity index (χ2v) is 7.98. The van der Waals surface area contributed by atoms with Crippen LogP contribution in [0.25, 0.3) is 22.3 Å². The molecule has 0 fully saturated rings. The van der Waals surface area contributed by atoms with Crippen LogP contribution in [0.2, 0.25) is 0 Å². The number of carbonyl (C=O) groups excluding carboxylic acids is 2. The van der Waals surface area contributed by atoms with E-state index in [1.165, 1.54) is 0 Å². The zero-order chi connectivity index (χ0) is 21.7. The predicted molar refractivity (Wildman–Crippen MR) is 128 cm³/mol. The fraction of sp³-hybridized carbons (Fsp3) is 0. The second-order valence-electron chi connectivity index (χ2n) is 7.98. The number of allylic oxidation sites excluding steroid dienone is 4. The molecule has 0 radical (unpaired) electrons. The van der Waals surface area contributed by atoms with Crippen LogP contribution in [0, 0.1) is 0 Å². The molecular formula is C30H18O2. The Balaban J connectivity index is 1.84. The average molecular weight is 410 g/mol. The maximum absolute atomic E-state index is 13.8. The summed E-state index contributed by atoms with van der Waals surface area (Å²) in [6, 6.07) is 34.8. The Bertz CT molecular complexity index is 1360. The summed E-state index contributed by atoms with van der Waals surface area (Å²) in [5.41, 5.74) is 7.58. The van der Waals surface area contributed by atoms with E-state index in [1.54, 1.807) is 0 Å². The van der Waals surface area contributed by atoms with E-state index < -0.39 is 0 Å². The number of benzene rings is 4. The minimum atomic E-state index is -0.0119. The summed E-state index contributed by atoms with van der Waals surface area (Å²) < 4.78 is 0. The Kier molecular flexibility index (Phi) is 4.12. The summed E-state index contributed by atoms with van der Waals surface area (Å²) in [5, 5.41) is 0. The van der Waals surface area contributed by atoms with Crippen molar-refractivity contribution < 1.29 is 9.59 Å². The standard InChI is InChI=1S/C30H18O2/c31-29-23-17-9-8-16-22(23)28-26(20-13-5-2-6-14-20)30(32)24-18-10-7-15-21(24)27(28)25(29)19-11-3-1-4-12-19/h1-18H. The summed E-state index contributed by atoms with van der Waals surface area (Å²) in [7, 11) is 0. The third-order valence-electron chi connectivity index (χ3n) is 6.21. The molecule has 2 nitrogen and oxygen atoms in total. The molecule has 0 aliphatic heterocycles. The maximum atomic E-state index is 13.8.